The summed E-state index contributed by atoms with van der Waals surface area (Å²) in [6, 6.07) is 0.701. The van der Waals surface area contributed by atoms with Crippen LogP contribution >= 0.6 is 0 Å². The van der Waals surface area contributed by atoms with Gasteiger partial charge in [0.1, 0.15) is 0 Å². The largest absolute Gasteiger partial charge is 0.379 e. The minimum Gasteiger partial charge on any atom is -0.379 e. The van der Waals surface area contributed by atoms with Gasteiger partial charge in [0.2, 0.25) is 0 Å². The van der Waals surface area contributed by atoms with Gasteiger partial charge in [0, 0.05) is 38.4 Å². The zero-order valence-corrected chi connectivity index (χ0v) is 14.1. The summed E-state index contributed by atoms with van der Waals surface area (Å²) in [6.07, 6.45) is 6.60. The molecule has 0 spiro atoms. The van der Waals surface area contributed by atoms with E-state index in [9.17, 15) is 0 Å². The first-order valence-corrected chi connectivity index (χ1v) is 8.81. The molecule has 5 nitrogen and oxygen atoms in total. The molecule has 0 N–H and O–H groups in total. The van der Waals surface area contributed by atoms with Crippen molar-refractivity contribution in [3.05, 3.63) is 18.2 Å². The molecule has 124 valence electrons. The first-order valence-electron chi connectivity index (χ1n) is 8.81. The van der Waals surface area contributed by atoms with Gasteiger partial charge in [0.05, 0.1) is 25.2 Å². The van der Waals surface area contributed by atoms with Crippen LogP contribution in [0.3, 0.4) is 0 Å². The smallest absolute Gasteiger partial charge is 0.0948 e. The van der Waals surface area contributed by atoms with E-state index in [1.54, 1.807) is 0 Å². The number of ether oxygens (including phenoxy) is 1. The molecular weight excluding hydrogens is 276 g/mol. The maximum atomic E-state index is 5.48. The maximum absolute atomic E-state index is 5.48. The fourth-order valence-corrected chi connectivity index (χ4v) is 3.87. The molecule has 0 saturated carbocycles. The minimum atomic E-state index is 0.701. The van der Waals surface area contributed by atoms with Gasteiger partial charge < -0.3 is 9.30 Å². The number of piperidine rings is 1. The topological polar surface area (TPSA) is 33.5 Å². The van der Waals surface area contributed by atoms with Gasteiger partial charge in [-0.1, -0.05) is 0 Å². The standard InChI is InChI=1S/C17H30N4O/c1-3-20-14-18-12-17(20)13-19-6-4-16(5-7-19)15(2)21-8-10-22-11-9-21/h12,14-16H,3-11,13H2,1-2H3/t15-/m1/s1. The van der Waals surface area contributed by atoms with Crippen LogP contribution in [0, 0.1) is 5.92 Å². The molecular formula is C17H30N4O. The van der Waals surface area contributed by atoms with Crippen molar-refractivity contribution >= 4 is 0 Å². The summed E-state index contributed by atoms with van der Waals surface area (Å²) in [4.78, 5) is 9.49. The van der Waals surface area contributed by atoms with Crippen LogP contribution < -0.4 is 0 Å². The number of aryl methyl sites for hydroxylation is 1. The van der Waals surface area contributed by atoms with E-state index in [1.165, 1.54) is 31.6 Å². The predicted molar refractivity (Wildman–Crippen MR) is 87.8 cm³/mol. The van der Waals surface area contributed by atoms with E-state index in [0.29, 0.717) is 6.04 Å². The Kier molecular flexibility index (Phi) is 5.50. The molecule has 5 heteroatoms. The zero-order valence-electron chi connectivity index (χ0n) is 14.1. The third-order valence-electron chi connectivity index (χ3n) is 5.46. The van der Waals surface area contributed by atoms with Crippen molar-refractivity contribution in [2.45, 2.75) is 45.8 Å². The van der Waals surface area contributed by atoms with E-state index in [-0.39, 0.29) is 0 Å². The second-order valence-electron chi connectivity index (χ2n) is 6.67. The molecule has 0 amide bonds. The Balaban J connectivity index is 1.47. The predicted octanol–water partition coefficient (Wildman–Crippen LogP) is 1.84. The highest BCUT2D eigenvalue weighted by Gasteiger charge is 2.28. The highest BCUT2D eigenvalue weighted by molar-refractivity contribution is 4.98. The normalized spacial score (nSPS) is 23.7. The van der Waals surface area contributed by atoms with E-state index in [0.717, 1.165) is 45.3 Å². The fourth-order valence-electron chi connectivity index (χ4n) is 3.87. The Hall–Kier alpha value is -0.910. The van der Waals surface area contributed by atoms with Crippen LogP contribution in [0.4, 0.5) is 0 Å². The molecule has 22 heavy (non-hydrogen) atoms. The van der Waals surface area contributed by atoms with E-state index < -0.39 is 0 Å². The lowest BCUT2D eigenvalue weighted by molar-refractivity contribution is -0.00202. The minimum absolute atomic E-state index is 0.701. The van der Waals surface area contributed by atoms with E-state index >= 15 is 0 Å². The monoisotopic (exact) mass is 306 g/mol. The lowest BCUT2D eigenvalue weighted by Crippen LogP contribution is -2.48. The van der Waals surface area contributed by atoms with Gasteiger partial charge in [-0.25, -0.2) is 4.98 Å². The van der Waals surface area contributed by atoms with Crippen LogP contribution in [0.1, 0.15) is 32.4 Å². The molecule has 1 aromatic rings. The van der Waals surface area contributed by atoms with Crippen LogP contribution in [0.2, 0.25) is 0 Å². The summed E-state index contributed by atoms with van der Waals surface area (Å²) in [5.74, 6) is 0.838. The van der Waals surface area contributed by atoms with Crippen molar-refractivity contribution in [3.63, 3.8) is 0 Å². The first kappa shape index (κ1) is 16.0. The van der Waals surface area contributed by atoms with E-state index in [1.807, 2.05) is 12.5 Å². The molecule has 1 aromatic heterocycles. The fraction of sp³-hybridized carbons (Fsp3) is 0.824. The third kappa shape index (κ3) is 3.70. The molecule has 0 radical (unpaired) electrons. The van der Waals surface area contributed by atoms with Crippen molar-refractivity contribution in [1.82, 2.24) is 19.4 Å². The van der Waals surface area contributed by atoms with Gasteiger partial charge in [0.25, 0.3) is 0 Å². The highest BCUT2D eigenvalue weighted by Crippen LogP contribution is 2.25. The molecule has 0 aliphatic carbocycles. The van der Waals surface area contributed by atoms with Gasteiger partial charge in [-0.3, -0.25) is 9.80 Å². The first-order chi connectivity index (χ1) is 10.8. The van der Waals surface area contributed by atoms with Crippen molar-refractivity contribution in [3.8, 4) is 0 Å². The number of rotatable bonds is 5. The molecule has 0 bridgehead atoms. The van der Waals surface area contributed by atoms with Crippen molar-refractivity contribution < 1.29 is 4.74 Å². The van der Waals surface area contributed by atoms with Crippen LogP contribution in [0.5, 0.6) is 0 Å². The number of imidazole rings is 1. The van der Waals surface area contributed by atoms with Crippen molar-refractivity contribution in [2.75, 3.05) is 39.4 Å². The molecule has 2 aliphatic rings. The summed E-state index contributed by atoms with van der Waals surface area (Å²) in [6.45, 7) is 13.1. The molecule has 2 saturated heterocycles. The maximum Gasteiger partial charge on any atom is 0.0948 e. The average Bonchev–Trinajstić information content (AvgIpc) is 3.03. The van der Waals surface area contributed by atoms with Gasteiger partial charge in [-0.05, 0) is 45.7 Å². The van der Waals surface area contributed by atoms with Crippen molar-refractivity contribution in [1.29, 1.82) is 0 Å². The Morgan fingerprint density at radius 3 is 2.64 bits per heavy atom. The number of nitrogens with zero attached hydrogens (tertiary/aromatic N) is 4. The van der Waals surface area contributed by atoms with Gasteiger partial charge in [-0.2, -0.15) is 0 Å². The Morgan fingerprint density at radius 1 is 1.23 bits per heavy atom. The Bertz CT molecular complexity index is 447. The van der Waals surface area contributed by atoms with Crippen LogP contribution in [0.25, 0.3) is 0 Å². The van der Waals surface area contributed by atoms with E-state index in [2.05, 4.69) is 33.2 Å². The zero-order chi connectivity index (χ0) is 15.4. The van der Waals surface area contributed by atoms with Crippen LogP contribution in [-0.2, 0) is 17.8 Å². The third-order valence-corrected chi connectivity index (χ3v) is 5.46. The van der Waals surface area contributed by atoms with E-state index in [4.69, 9.17) is 4.74 Å². The number of likely N-dealkylation sites (tertiary alicyclic amines) is 1. The molecule has 0 unspecified atom stereocenters. The molecule has 0 aromatic carbocycles. The molecule has 3 heterocycles. The number of hydrogen-bond acceptors (Lipinski definition) is 4. The lowest BCUT2D eigenvalue weighted by atomic mass is 9.89. The van der Waals surface area contributed by atoms with Crippen LogP contribution in [-0.4, -0.2) is 64.8 Å². The average molecular weight is 306 g/mol. The number of morpholine rings is 1. The summed E-state index contributed by atoms with van der Waals surface area (Å²) in [7, 11) is 0. The summed E-state index contributed by atoms with van der Waals surface area (Å²) in [5, 5.41) is 0. The van der Waals surface area contributed by atoms with Gasteiger partial charge in [-0.15, -0.1) is 0 Å². The van der Waals surface area contributed by atoms with Gasteiger partial charge >= 0.3 is 0 Å². The summed E-state index contributed by atoms with van der Waals surface area (Å²) in [5.41, 5.74) is 1.35. The molecule has 2 aliphatic heterocycles. The Morgan fingerprint density at radius 2 is 1.95 bits per heavy atom. The molecule has 3 rings (SSSR count). The highest BCUT2D eigenvalue weighted by atomic mass is 16.5. The summed E-state index contributed by atoms with van der Waals surface area (Å²) >= 11 is 0. The summed E-state index contributed by atoms with van der Waals surface area (Å²) < 4.78 is 7.73. The number of hydrogen-bond donors (Lipinski definition) is 0. The number of aromatic nitrogens is 2. The lowest BCUT2D eigenvalue weighted by Gasteiger charge is -2.41. The second kappa shape index (κ2) is 7.57. The Labute approximate surface area is 134 Å². The molecule has 2 fully saturated rings. The van der Waals surface area contributed by atoms with Crippen molar-refractivity contribution in [2.24, 2.45) is 5.92 Å². The SMILES string of the molecule is CCn1cncc1CN1CCC([C@@H](C)N2CCOCC2)CC1. The van der Waals surface area contributed by atoms with Crippen LogP contribution in [0.15, 0.2) is 12.5 Å². The van der Waals surface area contributed by atoms with Gasteiger partial charge in [0.15, 0.2) is 0 Å². The second-order valence-corrected chi connectivity index (χ2v) is 6.67. The molecule has 1 atom stereocenters. The quantitative estimate of drug-likeness (QED) is 0.831.